The summed E-state index contributed by atoms with van der Waals surface area (Å²) in [7, 11) is -3.26. The fraction of sp³-hybridized carbons (Fsp3) is 0.500. The smallest absolute Gasteiger partial charge is 0.232 e. The Bertz CT molecular complexity index is 434. The van der Waals surface area contributed by atoms with Crippen LogP contribution in [0.25, 0.3) is 0 Å². The first-order chi connectivity index (χ1) is 7.53. The molecule has 0 aliphatic rings. The lowest BCUT2D eigenvalue weighted by atomic mass is 10.3. The molecule has 1 aromatic rings. The number of nitrogens with one attached hydrogen (secondary N) is 1. The van der Waals surface area contributed by atoms with Crippen molar-refractivity contribution in [2.45, 2.75) is 19.8 Å². The van der Waals surface area contributed by atoms with Gasteiger partial charge in [-0.1, -0.05) is 0 Å². The third-order valence-electron chi connectivity index (χ3n) is 1.97. The van der Waals surface area contributed by atoms with Gasteiger partial charge in [-0.15, -0.1) is 11.6 Å². The molecule has 6 heteroatoms. The summed E-state index contributed by atoms with van der Waals surface area (Å²) >= 11 is 5.49. The molecular formula is C10H15ClN2O2S. The molecule has 0 aromatic carbocycles. The van der Waals surface area contributed by atoms with Gasteiger partial charge in [0.25, 0.3) is 0 Å². The number of sulfonamides is 1. The van der Waals surface area contributed by atoms with Gasteiger partial charge in [0, 0.05) is 17.8 Å². The van der Waals surface area contributed by atoms with Crippen molar-refractivity contribution in [3.05, 3.63) is 24.0 Å². The average molecular weight is 263 g/mol. The number of rotatable bonds is 6. The van der Waals surface area contributed by atoms with Crippen molar-refractivity contribution in [1.82, 2.24) is 4.98 Å². The van der Waals surface area contributed by atoms with Crippen molar-refractivity contribution in [2.75, 3.05) is 16.4 Å². The van der Waals surface area contributed by atoms with Crippen LogP contribution in [0, 0.1) is 6.92 Å². The van der Waals surface area contributed by atoms with Crippen LogP contribution in [0.1, 0.15) is 18.5 Å². The molecule has 1 rings (SSSR count). The van der Waals surface area contributed by atoms with Gasteiger partial charge >= 0.3 is 0 Å². The van der Waals surface area contributed by atoms with E-state index in [1.54, 1.807) is 18.3 Å². The highest BCUT2D eigenvalue weighted by molar-refractivity contribution is 7.92. The van der Waals surface area contributed by atoms with Gasteiger partial charge < -0.3 is 0 Å². The molecule has 0 spiro atoms. The van der Waals surface area contributed by atoms with E-state index < -0.39 is 10.0 Å². The van der Waals surface area contributed by atoms with Gasteiger partial charge in [-0.2, -0.15) is 0 Å². The number of unbranched alkanes of at least 4 members (excludes halogenated alkanes) is 1. The lowest BCUT2D eigenvalue weighted by molar-refractivity contribution is 0.598. The quantitative estimate of drug-likeness (QED) is 0.631. The number of nitrogens with zero attached hydrogens (tertiary/aromatic N) is 1. The minimum atomic E-state index is -3.26. The minimum Gasteiger partial charge on any atom is -0.283 e. The van der Waals surface area contributed by atoms with Crippen LogP contribution >= 0.6 is 11.6 Å². The Labute approximate surface area is 101 Å². The van der Waals surface area contributed by atoms with E-state index in [4.69, 9.17) is 11.6 Å². The van der Waals surface area contributed by atoms with Crippen molar-refractivity contribution in [1.29, 1.82) is 0 Å². The van der Waals surface area contributed by atoms with E-state index in [1.807, 2.05) is 6.92 Å². The van der Waals surface area contributed by atoms with Crippen LogP contribution in [0.15, 0.2) is 18.3 Å². The molecule has 0 saturated carbocycles. The maximum absolute atomic E-state index is 11.6. The molecule has 0 saturated heterocycles. The van der Waals surface area contributed by atoms with Gasteiger partial charge in [-0.25, -0.2) is 8.42 Å². The van der Waals surface area contributed by atoms with Gasteiger partial charge in [0.2, 0.25) is 10.0 Å². The van der Waals surface area contributed by atoms with E-state index in [2.05, 4.69) is 9.71 Å². The predicted octanol–water partition coefficient (Wildman–Crippen LogP) is 2.15. The van der Waals surface area contributed by atoms with E-state index in [-0.39, 0.29) is 5.75 Å². The fourth-order valence-corrected chi connectivity index (χ4v) is 2.59. The summed E-state index contributed by atoms with van der Waals surface area (Å²) in [5.74, 6) is 0.588. The highest BCUT2D eigenvalue weighted by Crippen LogP contribution is 2.10. The van der Waals surface area contributed by atoms with Crippen LogP contribution in [-0.4, -0.2) is 25.0 Å². The van der Waals surface area contributed by atoms with Crippen LogP contribution in [0.3, 0.4) is 0 Å². The third-order valence-corrected chi connectivity index (χ3v) is 3.61. The number of halogens is 1. The van der Waals surface area contributed by atoms with Gasteiger partial charge in [-0.3, -0.25) is 9.71 Å². The number of hydrogen-bond acceptors (Lipinski definition) is 3. The third kappa shape index (κ3) is 4.81. The summed E-state index contributed by atoms with van der Waals surface area (Å²) in [5, 5.41) is 0. The Morgan fingerprint density at radius 1 is 1.44 bits per heavy atom. The van der Waals surface area contributed by atoms with Crippen molar-refractivity contribution in [2.24, 2.45) is 0 Å². The molecule has 0 atom stereocenters. The van der Waals surface area contributed by atoms with Crippen molar-refractivity contribution >= 4 is 27.3 Å². The second-order valence-electron chi connectivity index (χ2n) is 3.50. The maximum Gasteiger partial charge on any atom is 0.232 e. The Hall–Kier alpha value is -0.810. The molecular weight excluding hydrogens is 248 g/mol. The molecule has 0 aliphatic heterocycles. The summed E-state index contributed by atoms with van der Waals surface area (Å²) in [5.41, 5.74) is 1.33. The first-order valence-electron chi connectivity index (χ1n) is 5.02. The molecule has 4 nitrogen and oxygen atoms in total. The number of pyridine rings is 1. The van der Waals surface area contributed by atoms with Gasteiger partial charge in [-0.05, 0) is 31.9 Å². The Kier molecular flexibility index (Phi) is 5.02. The summed E-state index contributed by atoms with van der Waals surface area (Å²) < 4.78 is 25.7. The summed E-state index contributed by atoms with van der Waals surface area (Å²) in [6.07, 6.45) is 2.85. The normalized spacial score (nSPS) is 11.4. The van der Waals surface area contributed by atoms with E-state index in [0.29, 0.717) is 24.4 Å². The molecule has 0 aliphatic carbocycles. The highest BCUT2D eigenvalue weighted by atomic mass is 35.5. The molecule has 0 radical (unpaired) electrons. The number of anilines is 1. The fourth-order valence-electron chi connectivity index (χ4n) is 1.23. The topological polar surface area (TPSA) is 59.1 Å². The maximum atomic E-state index is 11.6. The van der Waals surface area contributed by atoms with E-state index >= 15 is 0 Å². The van der Waals surface area contributed by atoms with Crippen LogP contribution in [0.4, 0.5) is 5.69 Å². The monoisotopic (exact) mass is 262 g/mol. The zero-order valence-corrected chi connectivity index (χ0v) is 10.7. The minimum absolute atomic E-state index is 0.0983. The molecule has 1 N–H and O–H groups in total. The predicted molar refractivity (Wildman–Crippen MR) is 66.3 cm³/mol. The Morgan fingerprint density at radius 3 is 2.81 bits per heavy atom. The summed E-state index contributed by atoms with van der Waals surface area (Å²) in [4.78, 5) is 3.99. The Balaban J connectivity index is 2.59. The molecule has 90 valence electrons. The lowest BCUT2D eigenvalue weighted by Gasteiger charge is -2.07. The number of hydrogen-bond donors (Lipinski definition) is 1. The first kappa shape index (κ1) is 13.3. The first-order valence-corrected chi connectivity index (χ1v) is 7.21. The standard InChI is InChI=1S/C10H15ClN2O2S/c1-9-8-10(4-6-12-9)13-16(14,15)7-3-2-5-11/h4,6,8H,2-3,5,7H2,1H3,(H,12,13). The van der Waals surface area contributed by atoms with E-state index in [1.165, 1.54) is 0 Å². The zero-order valence-electron chi connectivity index (χ0n) is 9.11. The van der Waals surface area contributed by atoms with Crippen LogP contribution in [0.5, 0.6) is 0 Å². The largest absolute Gasteiger partial charge is 0.283 e. The van der Waals surface area contributed by atoms with Crippen LogP contribution in [0.2, 0.25) is 0 Å². The molecule has 16 heavy (non-hydrogen) atoms. The lowest BCUT2D eigenvalue weighted by Crippen LogP contribution is -2.16. The number of aryl methyl sites for hydroxylation is 1. The average Bonchev–Trinajstić information content (AvgIpc) is 2.17. The molecule has 0 fully saturated rings. The molecule has 0 unspecified atom stereocenters. The number of alkyl halides is 1. The highest BCUT2D eigenvalue weighted by Gasteiger charge is 2.09. The van der Waals surface area contributed by atoms with Gasteiger partial charge in [0.1, 0.15) is 0 Å². The Morgan fingerprint density at radius 2 is 2.19 bits per heavy atom. The SMILES string of the molecule is Cc1cc(NS(=O)(=O)CCCCCl)ccn1. The summed E-state index contributed by atoms with van der Waals surface area (Å²) in [6, 6.07) is 3.32. The second-order valence-corrected chi connectivity index (χ2v) is 5.72. The second kappa shape index (κ2) is 6.06. The van der Waals surface area contributed by atoms with E-state index in [9.17, 15) is 8.42 Å². The molecule has 1 heterocycles. The van der Waals surface area contributed by atoms with Crippen molar-refractivity contribution in [3.8, 4) is 0 Å². The van der Waals surface area contributed by atoms with Crippen LogP contribution < -0.4 is 4.72 Å². The summed E-state index contributed by atoms with van der Waals surface area (Å²) in [6.45, 7) is 1.81. The number of aromatic nitrogens is 1. The van der Waals surface area contributed by atoms with Crippen LogP contribution in [-0.2, 0) is 10.0 Å². The molecule has 0 amide bonds. The molecule has 0 bridgehead atoms. The molecule has 1 aromatic heterocycles. The zero-order chi connectivity index (χ0) is 12.0. The van der Waals surface area contributed by atoms with Gasteiger partial charge in [0.15, 0.2) is 0 Å². The van der Waals surface area contributed by atoms with Crippen molar-refractivity contribution < 1.29 is 8.42 Å². The van der Waals surface area contributed by atoms with Gasteiger partial charge in [0.05, 0.1) is 11.4 Å². The van der Waals surface area contributed by atoms with Crippen molar-refractivity contribution in [3.63, 3.8) is 0 Å². The van der Waals surface area contributed by atoms with E-state index in [0.717, 1.165) is 5.69 Å².